The second-order valence-electron chi connectivity index (χ2n) is 12.0. The zero-order valence-corrected chi connectivity index (χ0v) is 26.0. The summed E-state index contributed by atoms with van der Waals surface area (Å²) in [6.07, 6.45) is 7.49. The number of nitrogens with one attached hydrogen (secondary N) is 2. The molecule has 1 saturated carbocycles. The Bertz CT molecular complexity index is 1390. The maximum atomic E-state index is 13.7. The van der Waals surface area contributed by atoms with E-state index < -0.39 is 5.92 Å². The van der Waals surface area contributed by atoms with Crippen LogP contribution in [0.5, 0.6) is 0 Å². The van der Waals surface area contributed by atoms with Crippen LogP contribution in [0.25, 0.3) is 11.1 Å². The van der Waals surface area contributed by atoms with Crippen LogP contribution >= 0.6 is 0 Å². The van der Waals surface area contributed by atoms with Gasteiger partial charge < -0.3 is 20.4 Å². The van der Waals surface area contributed by atoms with Crippen molar-refractivity contribution in [3.05, 3.63) is 58.9 Å². The highest BCUT2D eigenvalue weighted by molar-refractivity contribution is 6.06. The molecule has 2 aromatic rings. The molecule has 2 aliphatic rings. The molecule has 4 rings (SSSR count). The molecule has 224 valence electrons. The molecule has 2 N–H and O–H groups in total. The first-order chi connectivity index (χ1) is 19.9. The first-order valence-electron chi connectivity index (χ1n) is 14.7. The van der Waals surface area contributed by atoms with Crippen LogP contribution in [0.15, 0.2) is 47.1 Å². The van der Waals surface area contributed by atoms with Gasteiger partial charge in [-0.05, 0) is 96.0 Å². The zero-order valence-electron chi connectivity index (χ0n) is 26.0. The Hall–Kier alpha value is -3.85. The van der Waals surface area contributed by atoms with E-state index in [1.54, 1.807) is 13.8 Å². The van der Waals surface area contributed by atoms with Crippen molar-refractivity contribution < 1.29 is 14.4 Å². The summed E-state index contributed by atoms with van der Waals surface area (Å²) in [4.78, 5) is 50.9. The number of hydrogen-bond acceptors (Lipinski definition) is 6. The van der Waals surface area contributed by atoms with Crippen LogP contribution in [0.1, 0.15) is 68.1 Å². The minimum Gasteiger partial charge on any atom is -0.371 e. The molecule has 9 nitrogen and oxygen atoms in total. The number of rotatable bonds is 9. The third-order valence-corrected chi connectivity index (χ3v) is 8.33. The molecule has 1 atom stereocenters. The lowest BCUT2D eigenvalue weighted by molar-refractivity contribution is -0.121. The number of allylic oxidation sites excluding steroid dienone is 1. The second kappa shape index (κ2) is 13.4. The van der Waals surface area contributed by atoms with Gasteiger partial charge in [0.1, 0.15) is 0 Å². The molecule has 1 fully saturated rings. The molecular weight excluding hydrogens is 528 g/mol. The Labute approximate surface area is 249 Å². The number of anilines is 1. The maximum absolute atomic E-state index is 13.7. The SMILES string of the molecule is CC(=O)NC1CCC(N(C)c2cc(-c3ccc(CN(C)C)nc3)cc(C(=O)NCC3C(=O)N=C(C)C=C3C)c2C)CC1. The Morgan fingerprint density at radius 2 is 1.71 bits per heavy atom. The minimum atomic E-state index is -0.462. The lowest BCUT2D eigenvalue weighted by atomic mass is 9.89. The van der Waals surface area contributed by atoms with E-state index in [0.29, 0.717) is 11.3 Å². The van der Waals surface area contributed by atoms with Gasteiger partial charge in [0.05, 0.1) is 11.6 Å². The highest BCUT2D eigenvalue weighted by Gasteiger charge is 2.28. The first kappa shape index (κ1) is 31.1. The summed E-state index contributed by atoms with van der Waals surface area (Å²) < 4.78 is 0. The van der Waals surface area contributed by atoms with Crippen LogP contribution in [0.2, 0.25) is 0 Å². The van der Waals surface area contributed by atoms with E-state index in [0.717, 1.165) is 65.9 Å². The second-order valence-corrected chi connectivity index (χ2v) is 12.0. The van der Waals surface area contributed by atoms with Crippen LogP contribution in [0, 0.1) is 12.8 Å². The van der Waals surface area contributed by atoms with E-state index in [1.165, 1.54) is 0 Å². The van der Waals surface area contributed by atoms with E-state index in [1.807, 2.05) is 52.3 Å². The quantitative estimate of drug-likeness (QED) is 0.464. The van der Waals surface area contributed by atoms with Crippen LogP contribution in [0.3, 0.4) is 0 Å². The molecule has 1 aromatic heterocycles. The smallest absolute Gasteiger partial charge is 0.254 e. The lowest BCUT2D eigenvalue weighted by Crippen LogP contribution is -2.42. The average Bonchev–Trinajstić information content (AvgIpc) is 2.92. The fraction of sp³-hybridized carbons (Fsp3) is 0.485. The number of hydrogen-bond donors (Lipinski definition) is 2. The fourth-order valence-corrected chi connectivity index (χ4v) is 6.02. The van der Waals surface area contributed by atoms with Crippen LogP contribution in [-0.2, 0) is 16.1 Å². The van der Waals surface area contributed by atoms with Crippen LogP contribution in [0.4, 0.5) is 5.69 Å². The third-order valence-electron chi connectivity index (χ3n) is 8.33. The minimum absolute atomic E-state index is 0.0127. The van der Waals surface area contributed by atoms with Crippen molar-refractivity contribution in [1.29, 1.82) is 0 Å². The number of dihydropyridines is 1. The number of aromatic nitrogens is 1. The molecule has 2 heterocycles. The molecule has 1 unspecified atom stereocenters. The molecule has 0 spiro atoms. The monoisotopic (exact) mass is 572 g/mol. The third kappa shape index (κ3) is 7.50. The molecule has 1 aliphatic carbocycles. The molecule has 0 radical (unpaired) electrons. The van der Waals surface area contributed by atoms with E-state index in [-0.39, 0.29) is 36.3 Å². The van der Waals surface area contributed by atoms with Crippen molar-refractivity contribution in [1.82, 2.24) is 20.5 Å². The van der Waals surface area contributed by atoms with Crippen LogP contribution in [-0.4, -0.2) is 73.1 Å². The molecule has 42 heavy (non-hydrogen) atoms. The van der Waals surface area contributed by atoms with Gasteiger partial charge >= 0.3 is 0 Å². The van der Waals surface area contributed by atoms with Gasteiger partial charge in [0.25, 0.3) is 11.8 Å². The summed E-state index contributed by atoms with van der Waals surface area (Å²) >= 11 is 0. The van der Waals surface area contributed by atoms with Crippen LogP contribution < -0.4 is 15.5 Å². The van der Waals surface area contributed by atoms with E-state index in [2.05, 4.69) is 49.6 Å². The molecule has 9 heteroatoms. The summed E-state index contributed by atoms with van der Waals surface area (Å²) in [6, 6.07) is 8.63. The van der Waals surface area contributed by atoms with Gasteiger partial charge in [-0.2, -0.15) is 0 Å². The summed E-state index contributed by atoms with van der Waals surface area (Å²) in [6.45, 7) is 8.19. The zero-order chi connectivity index (χ0) is 30.6. The Balaban J connectivity index is 1.63. The predicted octanol–water partition coefficient (Wildman–Crippen LogP) is 4.30. The average molecular weight is 573 g/mol. The number of benzene rings is 1. The summed E-state index contributed by atoms with van der Waals surface area (Å²) in [5.41, 5.74) is 6.85. The molecule has 0 saturated heterocycles. The maximum Gasteiger partial charge on any atom is 0.254 e. The van der Waals surface area contributed by atoms with Gasteiger partial charge in [-0.15, -0.1) is 0 Å². The Morgan fingerprint density at radius 3 is 2.31 bits per heavy atom. The van der Waals surface area contributed by atoms with Crippen molar-refractivity contribution in [2.24, 2.45) is 10.9 Å². The standard InChI is InChI=1S/C33H44N6O3/c1-20-14-21(2)36-33(42)30(20)18-35-32(41)29-15-25(24-8-9-27(34-17-24)19-38(5)6)16-31(22(29)3)39(7)28-12-10-26(11-13-28)37-23(4)40/h8-9,14-17,26,28,30H,10-13,18-19H2,1-7H3,(H,35,41)(H,37,40). The largest absolute Gasteiger partial charge is 0.371 e. The van der Waals surface area contributed by atoms with Crippen molar-refractivity contribution in [3.63, 3.8) is 0 Å². The summed E-state index contributed by atoms with van der Waals surface area (Å²) in [7, 11) is 6.11. The number of carbonyl (C=O) groups is 3. The van der Waals surface area contributed by atoms with Crippen molar-refractivity contribution in [3.8, 4) is 11.1 Å². The Kier molecular flexibility index (Phi) is 9.93. The number of amides is 3. The van der Waals surface area contributed by atoms with E-state index >= 15 is 0 Å². The van der Waals surface area contributed by atoms with Gasteiger partial charge in [0.15, 0.2) is 0 Å². The summed E-state index contributed by atoms with van der Waals surface area (Å²) in [5, 5.41) is 6.07. The van der Waals surface area contributed by atoms with Gasteiger partial charge in [0.2, 0.25) is 5.91 Å². The molecule has 1 aliphatic heterocycles. The molecule has 3 amide bonds. The first-order valence-corrected chi connectivity index (χ1v) is 14.7. The van der Waals surface area contributed by atoms with Crippen molar-refractivity contribution in [2.45, 2.75) is 72.0 Å². The topological polar surface area (TPSA) is 107 Å². The van der Waals surface area contributed by atoms with Crippen molar-refractivity contribution >= 4 is 29.1 Å². The number of nitrogens with zero attached hydrogens (tertiary/aromatic N) is 4. The Morgan fingerprint density at radius 1 is 1.00 bits per heavy atom. The molecular formula is C33H44N6O3. The van der Waals surface area contributed by atoms with Gasteiger partial charge in [-0.3, -0.25) is 19.4 Å². The van der Waals surface area contributed by atoms with Gasteiger partial charge in [-0.25, -0.2) is 4.99 Å². The molecule has 1 aromatic carbocycles. The number of aliphatic imine (C=N–C) groups is 1. The number of pyridine rings is 1. The number of carbonyl (C=O) groups excluding carboxylic acids is 3. The lowest BCUT2D eigenvalue weighted by Gasteiger charge is -2.37. The predicted molar refractivity (Wildman–Crippen MR) is 168 cm³/mol. The fourth-order valence-electron chi connectivity index (χ4n) is 6.02. The van der Waals surface area contributed by atoms with Gasteiger partial charge in [-0.1, -0.05) is 11.6 Å². The van der Waals surface area contributed by atoms with E-state index in [4.69, 9.17) is 0 Å². The van der Waals surface area contributed by atoms with Gasteiger partial charge in [0, 0.05) is 67.9 Å². The molecule has 0 bridgehead atoms. The normalized spacial score (nSPS) is 20.6. The highest BCUT2D eigenvalue weighted by atomic mass is 16.2. The van der Waals surface area contributed by atoms with Crippen molar-refractivity contribution in [2.75, 3.05) is 32.6 Å². The van der Waals surface area contributed by atoms with E-state index in [9.17, 15) is 14.4 Å². The summed E-state index contributed by atoms with van der Waals surface area (Å²) in [5.74, 6) is -0.894. The highest BCUT2D eigenvalue weighted by Crippen LogP contribution is 2.34.